The van der Waals surface area contributed by atoms with E-state index in [0.29, 0.717) is 18.0 Å². The standard InChI is InChI=1S/C24H21N3O4S/c1-17-6-14-22(15-7-17)32(29,30)27-24(28)26-19-10-12-21(13-11-19)31-16-20-9-8-18-4-2-3-5-23(18)25-20/h2-15H,16H2,1H3,(H2,26,27,28). The summed E-state index contributed by atoms with van der Waals surface area (Å²) in [7, 11) is -3.95. The van der Waals surface area contributed by atoms with Crippen LogP contribution in [-0.4, -0.2) is 19.4 Å². The highest BCUT2D eigenvalue weighted by Gasteiger charge is 2.17. The summed E-state index contributed by atoms with van der Waals surface area (Å²) in [5.74, 6) is 0.596. The number of para-hydroxylation sites is 1. The summed E-state index contributed by atoms with van der Waals surface area (Å²) < 4.78 is 32.4. The number of carbonyl (C=O) groups is 1. The number of rotatable bonds is 6. The van der Waals surface area contributed by atoms with E-state index in [4.69, 9.17) is 4.74 Å². The number of benzene rings is 3. The number of pyridine rings is 1. The molecule has 0 bridgehead atoms. The molecule has 0 saturated heterocycles. The highest BCUT2D eigenvalue weighted by molar-refractivity contribution is 7.90. The first kappa shape index (κ1) is 21.3. The van der Waals surface area contributed by atoms with E-state index in [2.05, 4.69) is 10.3 Å². The van der Waals surface area contributed by atoms with Crippen LogP contribution in [0.5, 0.6) is 5.75 Å². The molecule has 4 rings (SSSR count). The molecule has 0 saturated carbocycles. The second-order valence-electron chi connectivity index (χ2n) is 7.18. The minimum atomic E-state index is -3.95. The quantitative estimate of drug-likeness (QED) is 0.449. The molecule has 0 atom stereocenters. The number of nitrogens with one attached hydrogen (secondary N) is 2. The molecular formula is C24H21N3O4S. The Kier molecular flexibility index (Phi) is 6.04. The van der Waals surface area contributed by atoms with Crippen molar-refractivity contribution in [2.24, 2.45) is 0 Å². The molecule has 3 aromatic carbocycles. The Morgan fingerprint density at radius 3 is 2.38 bits per heavy atom. The fourth-order valence-corrected chi connectivity index (χ4v) is 3.94. The minimum Gasteiger partial charge on any atom is -0.487 e. The number of urea groups is 1. The Hall–Kier alpha value is -3.91. The van der Waals surface area contributed by atoms with Gasteiger partial charge in [0.2, 0.25) is 0 Å². The molecule has 0 fully saturated rings. The SMILES string of the molecule is Cc1ccc(S(=O)(=O)NC(=O)Nc2ccc(OCc3ccc4ccccc4n3)cc2)cc1. The van der Waals surface area contributed by atoms with E-state index in [1.165, 1.54) is 12.1 Å². The summed E-state index contributed by atoms with van der Waals surface area (Å²) in [5, 5.41) is 3.57. The first-order valence-electron chi connectivity index (χ1n) is 9.87. The van der Waals surface area contributed by atoms with Gasteiger partial charge in [0.25, 0.3) is 10.0 Å². The van der Waals surface area contributed by atoms with Crippen LogP contribution >= 0.6 is 0 Å². The van der Waals surface area contributed by atoms with Crippen molar-refractivity contribution in [2.45, 2.75) is 18.4 Å². The van der Waals surface area contributed by atoms with Crippen LogP contribution in [0.2, 0.25) is 0 Å². The maximum Gasteiger partial charge on any atom is 0.333 e. The summed E-state index contributed by atoms with van der Waals surface area (Å²) in [4.78, 5) is 16.7. The summed E-state index contributed by atoms with van der Waals surface area (Å²) in [6, 6.07) is 23.8. The van der Waals surface area contributed by atoms with E-state index < -0.39 is 16.1 Å². The lowest BCUT2D eigenvalue weighted by molar-refractivity contribution is 0.256. The van der Waals surface area contributed by atoms with E-state index in [0.717, 1.165) is 22.2 Å². The molecule has 1 aromatic heterocycles. The third-order valence-electron chi connectivity index (χ3n) is 4.71. The molecule has 0 radical (unpaired) electrons. The van der Waals surface area contributed by atoms with Crippen molar-refractivity contribution >= 4 is 32.6 Å². The summed E-state index contributed by atoms with van der Waals surface area (Å²) in [6.45, 7) is 2.15. The highest BCUT2D eigenvalue weighted by atomic mass is 32.2. The molecule has 2 N–H and O–H groups in total. The number of carbonyl (C=O) groups excluding carboxylic acids is 1. The van der Waals surface area contributed by atoms with Crippen molar-refractivity contribution < 1.29 is 17.9 Å². The molecule has 8 heteroatoms. The van der Waals surface area contributed by atoms with Gasteiger partial charge in [0.1, 0.15) is 12.4 Å². The number of anilines is 1. The minimum absolute atomic E-state index is 0.0179. The van der Waals surface area contributed by atoms with Gasteiger partial charge in [0, 0.05) is 11.1 Å². The number of aryl methyl sites for hydroxylation is 1. The second-order valence-corrected chi connectivity index (χ2v) is 8.86. The fourth-order valence-electron chi connectivity index (χ4n) is 3.04. The van der Waals surface area contributed by atoms with Gasteiger partial charge < -0.3 is 10.1 Å². The van der Waals surface area contributed by atoms with Crippen molar-refractivity contribution in [3.8, 4) is 5.75 Å². The Morgan fingerprint density at radius 2 is 1.62 bits per heavy atom. The molecule has 0 aliphatic rings. The van der Waals surface area contributed by atoms with E-state index in [-0.39, 0.29) is 4.90 Å². The number of sulfonamides is 1. The molecule has 32 heavy (non-hydrogen) atoms. The lowest BCUT2D eigenvalue weighted by Gasteiger charge is -2.10. The number of hydrogen-bond donors (Lipinski definition) is 2. The number of aromatic nitrogens is 1. The van der Waals surface area contributed by atoms with Gasteiger partial charge in [-0.15, -0.1) is 0 Å². The number of hydrogen-bond acceptors (Lipinski definition) is 5. The zero-order chi connectivity index (χ0) is 22.6. The van der Waals surface area contributed by atoms with Gasteiger partial charge in [-0.2, -0.15) is 0 Å². The highest BCUT2D eigenvalue weighted by Crippen LogP contribution is 2.18. The van der Waals surface area contributed by atoms with Crippen LogP contribution in [-0.2, 0) is 16.6 Å². The number of fused-ring (bicyclic) bond motifs is 1. The van der Waals surface area contributed by atoms with Gasteiger partial charge in [-0.1, -0.05) is 42.0 Å². The van der Waals surface area contributed by atoms with Gasteiger partial charge in [0.15, 0.2) is 0 Å². The molecule has 7 nitrogen and oxygen atoms in total. The van der Waals surface area contributed by atoms with Gasteiger partial charge in [-0.25, -0.2) is 22.9 Å². The summed E-state index contributed by atoms with van der Waals surface area (Å²) >= 11 is 0. The Labute approximate surface area is 186 Å². The lowest BCUT2D eigenvalue weighted by Crippen LogP contribution is -2.34. The maximum absolute atomic E-state index is 12.3. The Morgan fingerprint density at radius 1 is 0.906 bits per heavy atom. The zero-order valence-corrected chi connectivity index (χ0v) is 18.1. The summed E-state index contributed by atoms with van der Waals surface area (Å²) in [6.07, 6.45) is 0. The normalized spacial score (nSPS) is 11.2. The molecule has 2 amide bonds. The fraction of sp³-hybridized carbons (Fsp3) is 0.0833. The second kappa shape index (κ2) is 9.07. The van der Waals surface area contributed by atoms with Crippen LogP contribution < -0.4 is 14.8 Å². The molecule has 162 valence electrons. The average molecular weight is 448 g/mol. The molecule has 0 spiro atoms. The lowest BCUT2D eigenvalue weighted by atomic mass is 10.2. The van der Waals surface area contributed by atoms with E-state index >= 15 is 0 Å². The Balaban J connectivity index is 1.33. The third kappa shape index (κ3) is 5.22. The van der Waals surface area contributed by atoms with Crippen molar-refractivity contribution in [3.05, 3.63) is 96.2 Å². The first-order chi connectivity index (χ1) is 15.4. The number of ether oxygens (including phenoxy) is 1. The molecule has 4 aromatic rings. The van der Waals surface area contributed by atoms with Crippen LogP contribution in [0, 0.1) is 6.92 Å². The third-order valence-corrected chi connectivity index (χ3v) is 6.06. The predicted molar refractivity (Wildman–Crippen MR) is 123 cm³/mol. The van der Waals surface area contributed by atoms with E-state index in [1.54, 1.807) is 36.4 Å². The zero-order valence-electron chi connectivity index (χ0n) is 17.3. The maximum atomic E-state index is 12.3. The van der Waals surface area contributed by atoms with Crippen molar-refractivity contribution in [3.63, 3.8) is 0 Å². The van der Waals surface area contributed by atoms with Gasteiger partial charge in [0.05, 0.1) is 16.1 Å². The molecular weight excluding hydrogens is 426 g/mol. The van der Waals surface area contributed by atoms with Crippen LogP contribution in [0.25, 0.3) is 10.9 Å². The van der Waals surface area contributed by atoms with Gasteiger partial charge in [-0.05, 0) is 55.5 Å². The topological polar surface area (TPSA) is 97.4 Å². The van der Waals surface area contributed by atoms with Crippen molar-refractivity contribution in [1.82, 2.24) is 9.71 Å². The van der Waals surface area contributed by atoms with Crippen molar-refractivity contribution in [2.75, 3.05) is 5.32 Å². The van der Waals surface area contributed by atoms with Crippen LogP contribution in [0.15, 0.2) is 89.8 Å². The predicted octanol–water partition coefficient (Wildman–Crippen LogP) is 4.63. The number of nitrogens with zero attached hydrogens (tertiary/aromatic N) is 1. The first-order valence-corrected chi connectivity index (χ1v) is 11.4. The molecule has 0 unspecified atom stereocenters. The largest absolute Gasteiger partial charge is 0.487 e. The number of amides is 2. The van der Waals surface area contributed by atoms with Gasteiger partial charge in [-0.3, -0.25) is 0 Å². The van der Waals surface area contributed by atoms with Crippen molar-refractivity contribution in [1.29, 1.82) is 0 Å². The van der Waals surface area contributed by atoms with E-state index in [1.807, 2.05) is 48.0 Å². The van der Waals surface area contributed by atoms with Crippen LogP contribution in [0.3, 0.4) is 0 Å². The molecule has 0 aliphatic heterocycles. The summed E-state index contributed by atoms with van der Waals surface area (Å²) in [5.41, 5.74) is 3.05. The van der Waals surface area contributed by atoms with Crippen LogP contribution in [0.4, 0.5) is 10.5 Å². The Bertz CT molecular complexity index is 1350. The average Bonchev–Trinajstić information content (AvgIpc) is 2.78. The smallest absolute Gasteiger partial charge is 0.333 e. The molecule has 1 heterocycles. The van der Waals surface area contributed by atoms with Crippen LogP contribution in [0.1, 0.15) is 11.3 Å². The monoisotopic (exact) mass is 447 g/mol. The van der Waals surface area contributed by atoms with E-state index in [9.17, 15) is 13.2 Å². The molecule has 0 aliphatic carbocycles. The van der Waals surface area contributed by atoms with Gasteiger partial charge >= 0.3 is 6.03 Å².